The van der Waals surface area contributed by atoms with Crippen LogP contribution in [0.5, 0.6) is 0 Å². The second kappa shape index (κ2) is 4.09. The molecule has 1 rings (SSSR count). The highest BCUT2D eigenvalue weighted by atomic mass is 16.2. The van der Waals surface area contributed by atoms with Crippen LogP contribution in [0.2, 0.25) is 0 Å². The van der Waals surface area contributed by atoms with E-state index in [9.17, 15) is 9.59 Å². The van der Waals surface area contributed by atoms with Gasteiger partial charge in [0.1, 0.15) is 5.56 Å². The average Bonchev–Trinajstić information content (AvgIpc) is 2.01. The molecule has 0 aliphatic carbocycles. The Kier molecular flexibility index (Phi) is 3.06. The van der Waals surface area contributed by atoms with E-state index in [2.05, 4.69) is 4.98 Å². The Hall–Kier alpha value is -1.58. The van der Waals surface area contributed by atoms with Crippen molar-refractivity contribution in [1.82, 2.24) is 4.98 Å². The predicted octanol–water partition coefficient (Wildman–Crippen LogP) is 0.735. The summed E-state index contributed by atoms with van der Waals surface area (Å²) < 4.78 is 0. The summed E-state index contributed by atoms with van der Waals surface area (Å²) in [4.78, 5) is 25.0. The van der Waals surface area contributed by atoms with Crippen LogP contribution in [0.25, 0.3) is 0 Å². The number of aromatic nitrogens is 1. The van der Waals surface area contributed by atoms with Gasteiger partial charge in [0, 0.05) is 5.69 Å². The third-order valence-electron chi connectivity index (χ3n) is 2.02. The van der Waals surface area contributed by atoms with Gasteiger partial charge in [-0.2, -0.15) is 0 Å². The summed E-state index contributed by atoms with van der Waals surface area (Å²) in [6.45, 7) is 3.77. The average molecular weight is 194 g/mol. The maximum atomic E-state index is 11.4. The van der Waals surface area contributed by atoms with E-state index in [1.54, 1.807) is 13.0 Å². The van der Waals surface area contributed by atoms with E-state index in [-0.39, 0.29) is 11.1 Å². The molecule has 0 saturated carbocycles. The number of H-pyrrole nitrogens is 1. The number of hydrogen-bond acceptors (Lipinski definition) is 2. The molecule has 0 aromatic carbocycles. The molecule has 1 amide bonds. The number of rotatable bonds is 3. The van der Waals surface area contributed by atoms with Crippen molar-refractivity contribution >= 4 is 5.91 Å². The van der Waals surface area contributed by atoms with Crippen LogP contribution in [0, 0.1) is 6.92 Å². The number of amides is 1. The number of carbonyl (C=O) groups excluding carboxylic acids is 1. The van der Waals surface area contributed by atoms with Crippen LogP contribution in [-0.2, 0) is 6.42 Å². The molecular formula is C10H14N2O2. The van der Waals surface area contributed by atoms with E-state index in [1.807, 2.05) is 6.92 Å². The summed E-state index contributed by atoms with van der Waals surface area (Å²) in [6.07, 6.45) is 1.58. The summed E-state index contributed by atoms with van der Waals surface area (Å²) in [5.74, 6) is -0.658. The van der Waals surface area contributed by atoms with Gasteiger partial charge in [-0.05, 0) is 25.0 Å². The maximum absolute atomic E-state index is 11.4. The first-order chi connectivity index (χ1) is 6.56. The van der Waals surface area contributed by atoms with Gasteiger partial charge in [0.05, 0.1) is 0 Å². The number of nitrogens with two attached hydrogens (primary N) is 1. The van der Waals surface area contributed by atoms with Gasteiger partial charge in [0.15, 0.2) is 0 Å². The normalized spacial score (nSPS) is 10.1. The fraction of sp³-hybridized carbons (Fsp3) is 0.400. The summed E-state index contributed by atoms with van der Waals surface area (Å²) in [7, 11) is 0. The molecule has 0 saturated heterocycles. The molecular weight excluding hydrogens is 180 g/mol. The molecule has 3 N–H and O–H groups in total. The van der Waals surface area contributed by atoms with Crippen LogP contribution >= 0.6 is 0 Å². The lowest BCUT2D eigenvalue weighted by Crippen LogP contribution is -2.26. The lowest BCUT2D eigenvalue weighted by atomic mass is 10.0. The maximum Gasteiger partial charge on any atom is 0.261 e. The third kappa shape index (κ3) is 2.02. The molecule has 1 heterocycles. The van der Waals surface area contributed by atoms with Gasteiger partial charge in [0.2, 0.25) is 0 Å². The van der Waals surface area contributed by atoms with Crippen molar-refractivity contribution < 1.29 is 4.79 Å². The van der Waals surface area contributed by atoms with Gasteiger partial charge < -0.3 is 10.7 Å². The zero-order chi connectivity index (χ0) is 10.7. The van der Waals surface area contributed by atoms with E-state index in [1.165, 1.54) is 0 Å². The number of aromatic amines is 1. The Morgan fingerprint density at radius 3 is 2.71 bits per heavy atom. The Bertz CT molecular complexity index is 407. The molecule has 14 heavy (non-hydrogen) atoms. The molecule has 0 bridgehead atoms. The first kappa shape index (κ1) is 10.5. The van der Waals surface area contributed by atoms with Crippen LogP contribution in [-0.4, -0.2) is 10.9 Å². The van der Waals surface area contributed by atoms with Crippen LogP contribution in [0.15, 0.2) is 10.9 Å². The van der Waals surface area contributed by atoms with Gasteiger partial charge in [-0.3, -0.25) is 9.59 Å². The van der Waals surface area contributed by atoms with Crippen molar-refractivity contribution in [2.45, 2.75) is 26.7 Å². The van der Waals surface area contributed by atoms with E-state index < -0.39 is 5.91 Å². The highest BCUT2D eigenvalue weighted by Crippen LogP contribution is 2.07. The Morgan fingerprint density at radius 2 is 2.21 bits per heavy atom. The molecule has 0 atom stereocenters. The topological polar surface area (TPSA) is 75.9 Å². The summed E-state index contributed by atoms with van der Waals surface area (Å²) in [6, 6.07) is 1.80. The lowest BCUT2D eigenvalue weighted by Gasteiger charge is -2.05. The minimum atomic E-state index is -0.658. The van der Waals surface area contributed by atoms with Gasteiger partial charge in [-0.15, -0.1) is 0 Å². The lowest BCUT2D eigenvalue weighted by molar-refractivity contribution is 0.0998. The van der Waals surface area contributed by atoms with Crippen molar-refractivity contribution in [3.05, 3.63) is 33.2 Å². The zero-order valence-electron chi connectivity index (χ0n) is 8.39. The van der Waals surface area contributed by atoms with Crippen LogP contribution in [0.3, 0.4) is 0 Å². The fourth-order valence-electron chi connectivity index (χ4n) is 1.49. The molecule has 4 nitrogen and oxygen atoms in total. The molecule has 0 radical (unpaired) electrons. The van der Waals surface area contributed by atoms with E-state index in [0.717, 1.165) is 17.7 Å². The molecule has 0 spiro atoms. The first-order valence-electron chi connectivity index (χ1n) is 4.58. The second-order valence-electron chi connectivity index (χ2n) is 3.30. The number of nitrogens with one attached hydrogen (secondary N) is 1. The van der Waals surface area contributed by atoms with Gasteiger partial charge in [-0.25, -0.2) is 0 Å². The number of primary amides is 1. The Labute approximate surface area is 82.1 Å². The zero-order valence-corrected chi connectivity index (χ0v) is 8.39. The minimum absolute atomic E-state index is 0.0949. The number of pyridine rings is 1. The standard InChI is InChI=1S/C10H14N2O2/c1-3-4-7-5-6(2)12-10(14)8(7)9(11)13/h5H,3-4H2,1-2H3,(H2,11,13)(H,12,14). The smallest absolute Gasteiger partial charge is 0.261 e. The molecule has 1 aromatic heterocycles. The predicted molar refractivity (Wildman–Crippen MR) is 54.3 cm³/mol. The van der Waals surface area contributed by atoms with Crippen molar-refractivity contribution in [3.8, 4) is 0 Å². The molecule has 76 valence electrons. The van der Waals surface area contributed by atoms with Crippen LogP contribution in [0.4, 0.5) is 0 Å². The molecule has 0 aliphatic rings. The minimum Gasteiger partial charge on any atom is -0.365 e. The van der Waals surface area contributed by atoms with Crippen molar-refractivity contribution in [1.29, 1.82) is 0 Å². The van der Waals surface area contributed by atoms with E-state index in [0.29, 0.717) is 6.42 Å². The Balaban J connectivity index is 3.36. The van der Waals surface area contributed by atoms with Gasteiger partial charge >= 0.3 is 0 Å². The highest BCUT2D eigenvalue weighted by molar-refractivity contribution is 5.93. The third-order valence-corrected chi connectivity index (χ3v) is 2.02. The van der Waals surface area contributed by atoms with Gasteiger partial charge in [-0.1, -0.05) is 13.3 Å². The van der Waals surface area contributed by atoms with Crippen LogP contribution in [0.1, 0.15) is 35.0 Å². The van der Waals surface area contributed by atoms with E-state index >= 15 is 0 Å². The largest absolute Gasteiger partial charge is 0.365 e. The quantitative estimate of drug-likeness (QED) is 0.744. The van der Waals surface area contributed by atoms with Crippen molar-refractivity contribution in [2.75, 3.05) is 0 Å². The van der Waals surface area contributed by atoms with E-state index in [4.69, 9.17) is 5.73 Å². The molecule has 0 unspecified atom stereocenters. The molecule has 0 fully saturated rings. The summed E-state index contributed by atoms with van der Waals surface area (Å²) >= 11 is 0. The molecule has 1 aromatic rings. The highest BCUT2D eigenvalue weighted by Gasteiger charge is 2.12. The summed E-state index contributed by atoms with van der Waals surface area (Å²) in [5, 5.41) is 0. The van der Waals surface area contributed by atoms with Crippen LogP contribution < -0.4 is 11.3 Å². The summed E-state index contributed by atoms with van der Waals surface area (Å²) in [5.41, 5.74) is 6.33. The number of hydrogen-bond donors (Lipinski definition) is 2. The van der Waals surface area contributed by atoms with Crippen molar-refractivity contribution in [2.24, 2.45) is 5.73 Å². The second-order valence-corrected chi connectivity index (χ2v) is 3.30. The fourth-order valence-corrected chi connectivity index (χ4v) is 1.49. The number of carbonyl (C=O) groups is 1. The number of aryl methyl sites for hydroxylation is 2. The molecule has 4 heteroatoms. The van der Waals surface area contributed by atoms with Crippen molar-refractivity contribution in [3.63, 3.8) is 0 Å². The monoisotopic (exact) mass is 194 g/mol. The molecule has 0 aliphatic heterocycles. The SMILES string of the molecule is CCCc1cc(C)[nH]c(=O)c1C(N)=O. The Morgan fingerprint density at radius 1 is 1.57 bits per heavy atom. The van der Waals surface area contributed by atoms with Gasteiger partial charge in [0.25, 0.3) is 11.5 Å². The first-order valence-corrected chi connectivity index (χ1v) is 4.58.